The van der Waals surface area contributed by atoms with Crippen LogP contribution in [0.3, 0.4) is 0 Å². The third kappa shape index (κ3) is 6.37. The quantitative estimate of drug-likeness (QED) is 0.477. The highest BCUT2D eigenvalue weighted by molar-refractivity contribution is 6.01. The molecule has 1 aliphatic rings. The van der Waals surface area contributed by atoms with E-state index in [1.54, 1.807) is 24.4 Å². The molecule has 2 aromatic rings. The summed E-state index contributed by atoms with van der Waals surface area (Å²) in [6, 6.07) is 8.82. The first-order valence-electron chi connectivity index (χ1n) is 10.6. The number of amides is 2. The van der Waals surface area contributed by atoms with Gasteiger partial charge in [0.1, 0.15) is 11.7 Å². The van der Waals surface area contributed by atoms with Gasteiger partial charge in [0, 0.05) is 36.8 Å². The molecule has 2 heterocycles. The Morgan fingerprint density at radius 3 is 2.75 bits per heavy atom. The lowest BCUT2D eigenvalue weighted by molar-refractivity contribution is -0.137. The van der Waals surface area contributed by atoms with Crippen LogP contribution < -0.4 is 16.0 Å². The van der Waals surface area contributed by atoms with E-state index >= 15 is 0 Å². The van der Waals surface area contributed by atoms with E-state index < -0.39 is 11.9 Å². The highest BCUT2D eigenvalue weighted by atomic mass is 16.4. The number of rotatable bonds is 9. The summed E-state index contributed by atoms with van der Waals surface area (Å²) in [7, 11) is 0. The molecule has 1 aromatic carbocycles. The number of hydrogen-bond acceptors (Lipinski definition) is 6. The lowest BCUT2D eigenvalue weighted by Gasteiger charge is -2.14. The highest BCUT2D eigenvalue weighted by Gasteiger charge is 2.15. The fourth-order valence-corrected chi connectivity index (χ4v) is 3.47. The number of nitrogens with zero attached hydrogens (tertiary/aromatic N) is 2. The number of aliphatic carboxylic acids is 1. The molecule has 2 amide bonds. The number of carboxylic acid groups (broad SMARTS) is 1. The number of anilines is 2. The molecule has 0 saturated heterocycles. The van der Waals surface area contributed by atoms with Crippen LogP contribution in [-0.2, 0) is 22.4 Å². The largest absolute Gasteiger partial charge is 0.481 e. The van der Waals surface area contributed by atoms with E-state index in [4.69, 9.17) is 5.11 Å². The van der Waals surface area contributed by atoms with Gasteiger partial charge in [-0.1, -0.05) is 13.0 Å². The molecule has 3 rings (SSSR count). The summed E-state index contributed by atoms with van der Waals surface area (Å²) in [4.78, 5) is 44.5. The fraction of sp³-hybridized carbons (Fsp3) is 0.348. The number of hydrogen-bond donors (Lipinski definition) is 4. The molecule has 1 aromatic heterocycles. The average molecular weight is 438 g/mol. The van der Waals surface area contributed by atoms with Gasteiger partial charge in [-0.15, -0.1) is 0 Å². The number of aliphatic imine (C=N–C) groups is 1. The van der Waals surface area contributed by atoms with Crippen molar-refractivity contribution in [1.29, 1.82) is 0 Å². The van der Waals surface area contributed by atoms with Crippen LogP contribution in [0.4, 0.5) is 11.5 Å². The van der Waals surface area contributed by atoms with Crippen LogP contribution in [0.2, 0.25) is 0 Å². The van der Waals surface area contributed by atoms with Gasteiger partial charge in [0.05, 0.1) is 6.54 Å². The first-order valence-corrected chi connectivity index (χ1v) is 10.6. The molecule has 0 fully saturated rings. The van der Waals surface area contributed by atoms with Gasteiger partial charge in [-0.2, -0.15) is 0 Å². The van der Waals surface area contributed by atoms with E-state index in [0.717, 1.165) is 36.5 Å². The summed E-state index contributed by atoms with van der Waals surface area (Å²) >= 11 is 0. The first-order chi connectivity index (χ1) is 15.5. The van der Waals surface area contributed by atoms with Gasteiger partial charge in [-0.3, -0.25) is 19.4 Å². The first kappa shape index (κ1) is 22.9. The van der Waals surface area contributed by atoms with Gasteiger partial charge in [0.25, 0.3) is 5.91 Å². The van der Waals surface area contributed by atoms with Gasteiger partial charge in [-0.05, 0) is 54.7 Å². The monoisotopic (exact) mass is 437 g/mol. The molecule has 0 bridgehead atoms. The maximum absolute atomic E-state index is 12.5. The Kier molecular flexibility index (Phi) is 7.91. The smallest absolute Gasteiger partial charge is 0.303 e. The lowest BCUT2D eigenvalue weighted by atomic mass is 10.0. The number of carboxylic acids is 1. The van der Waals surface area contributed by atoms with Crippen molar-refractivity contribution in [2.75, 3.05) is 23.7 Å². The summed E-state index contributed by atoms with van der Waals surface area (Å²) in [5.74, 6) is -0.503. The second kappa shape index (κ2) is 11.0. The molecule has 0 spiro atoms. The molecule has 0 aliphatic carbocycles. The minimum absolute atomic E-state index is 0.0604. The van der Waals surface area contributed by atoms with Gasteiger partial charge in [0.15, 0.2) is 0 Å². The zero-order chi connectivity index (χ0) is 22.9. The summed E-state index contributed by atoms with van der Waals surface area (Å²) in [6.45, 7) is 2.53. The Balaban J connectivity index is 1.59. The number of aryl methyl sites for hydroxylation is 1. The van der Waals surface area contributed by atoms with E-state index in [1.165, 1.54) is 0 Å². The summed E-state index contributed by atoms with van der Waals surface area (Å²) < 4.78 is 0. The molecule has 0 unspecified atom stereocenters. The number of carbonyl (C=O) groups excluding carboxylic acids is 2. The van der Waals surface area contributed by atoms with Crippen LogP contribution in [0.25, 0.3) is 0 Å². The standard InChI is InChI=1S/C23H27N5O4/c1-2-15-10-12-25-22(18(15)8-9-21(30)31)28-20(29)14-26-23(32)16-5-3-6-17(13-16)27-19-7-4-11-24-19/h3,5-6,10,12-13H,2,4,7-9,11,14H2,1H3,(H,24,27)(H,26,32)(H,30,31)(H,25,28,29). The molecule has 9 nitrogen and oxygen atoms in total. The molecular weight excluding hydrogens is 410 g/mol. The van der Waals surface area contributed by atoms with Crippen LogP contribution in [0.1, 0.15) is 47.7 Å². The molecule has 0 atom stereocenters. The third-order valence-corrected chi connectivity index (χ3v) is 5.08. The number of pyridine rings is 1. The van der Waals surface area contributed by atoms with Crippen molar-refractivity contribution in [2.45, 2.75) is 39.0 Å². The molecule has 9 heteroatoms. The van der Waals surface area contributed by atoms with E-state index in [-0.39, 0.29) is 25.3 Å². The van der Waals surface area contributed by atoms with Crippen molar-refractivity contribution in [1.82, 2.24) is 10.3 Å². The Hall–Kier alpha value is -3.75. The Labute approximate surface area is 186 Å². The number of nitrogens with one attached hydrogen (secondary N) is 3. The van der Waals surface area contributed by atoms with Crippen molar-refractivity contribution in [3.8, 4) is 0 Å². The van der Waals surface area contributed by atoms with Crippen LogP contribution in [0.5, 0.6) is 0 Å². The molecule has 0 radical (unpaired) electrons. The van der Waals surface area contributed by atoms with E-state index in [2.05, 4.69) is 25.9 Å². The molecule has 168 valence electrons. The molecule has 0 saturated carbocycles. The third-order valence-electron chi connectivity index (χ3n) is 5.08. The maximum Gasteiger partial charge on any atom is 0.303 e. The Morgan fingerprint density at radius 2 is 2.03 bits per heavy atom. The van der Waals surface area contributed by atoms with Gasteiger partial charge < -0.3 is 21.1 Å². The number of carbonyl (C=O) groups is 3. The predicted molar refractivity (Wildman–Crippen MR) is 122 cm³/mol. The maximum atomic E-state index is 12.5. The SMILES string of the molecule is CCc1ccnc(NC(=O)CNC(=O)c2cccc(NC3=NCCC3)c2)c1CCC(=O)O. The molecule has 4 N–H and O–H groups in total. The molecule has 32 heavy (non-hydrogen) atoms. The summed E-state index contributed by atoms with van der Waals surface area (Å²) in [6.07, 6.45) is 4.37. The van der Waals surface area contributed by atoms with Crippen LogP contribution in [0.15, 0.2) is 41.5 Å². The fourth-order valence-electron chi connectivity index (χ4n) is 3.47. The van der Waals surface area contributed by atoms with Crippen LogP contribution in [0, 0.1) is 0 Å². The molecule has 1 aliphatic heterocycles. The van der Waals surface area contributed by atoms with Crippen LogP contribution in [-0.4, -0.2) is 46.8 Å². The average Bonchev–Trinajstić information content (AvgIpc) is 3.29. The number of amidine groups is 1. The zero-order valence-electron chi connectivity index (χ0n) is 18.0. The highest BCUT2D eigenvalue weighted by Crippen LogP contribution is 2.20. The topological polar surface area (TPSA) is 133 Å². The van der Waals surface area contributed by atoms with Crippen molar-refractivity contribution in [3.05, 3.63) is 53.2 Å². The van der Waals surface area contributed by atoms with E-state index in [1.807, 2.05) is 19.1 Å². The van der Waals surface area contributed by atoms with Crippen molar-refractivity contribution < 1.29 is 19.5 Å². The van der Waals surface area contributed by atoms with Crippen LogP contribution >= 0.6 is 0 Å². The summed E-state index contributed by atoms with van der Waals surface area (Å²) in [5.41, 5.74) is 2.82. The number of benzene rings is 1. The second-order valence-electron chi connectivity index (χ2n) is 7.41. The predicted octanol–water partition coefficient (Wildman–Crippen LogP) is 2.63. The zero-order valence-corrected chi connectivity index (χ0v) is 18.0. The second-order valence-corrected chi connectivity index (χ2v) is 7.41. The number of aromatic nitrogens is 1. The van der Waals surface area contributed by atoms with Gasteiger partial charge >= 0.3 is 5.97 Å². The van der Waals surface area contributed by atoms with E-state index in [0.29, 0.717) is 23.4 Å². The van der Waals surface area contributed by atoms with Gasteiger partial charge in [-0.25, -0.2) is 4.98 Å². The minimum Gasteiger partial charge on any atom is -0.481 e. The van der Waals surface area contributed by atoms with E-state index in [9.17, 15) is 14.4 Å². The minimum atomic E-state index is -0.919. The van der Waals surface area contributed by atoms with Gasteiger partial charge in [0.2, 0.25) is 5.91 Å². The lowest BCUT2D eigenvalue weighted by Crippen LogP contribution is -2.33. The normalized spacial score (nSPS) is 12.7. The summed E-state index contributed by atoms with van der Waals surface area (Å²) in [5, 5.41) is 17.5. The Morgan fingerprint density at radius 1 is 1.19 bits per heavy atom. The van der Waals surface area contributed by atoms with Crippen molar-refractivity contribution in [2.24, 2.45) is 4.99 Å². The van der Waals surface area contributed by atoms with Crippen molar-refractivity contribution in [3.63, 3.8) is 0 Å². The Bertz CT molecular complexity index is 1030. The molecular formula is C23H27N5O4. The van der Waals surface area contributed by atoms with Crippen molar-refractivity contribution >= 4 is 35.1 Å².